The fraction of sp³-hybridized carbons (Fsp3) is 0.500. The van der Waals surface area contributed by atoms with Crippen molar-refractivity contribution in [2.24, 2.45) is 0 Å². The van der Waals surface area contributed by atoms with Crippen LogP contribution in [-0.4, -0.2) is 25.8 Å². The van der Waals surface area contributed by atoms with Crippen molar-refractivity contribution in [3.63, 3.8) is 0 Å². The molecule has 0 spiro atoms. The van der Waals surface area contributed by atoms with E-state index in [-0.39, 0.29) is 30.0 Å². The summed E-state index contributed by atoms with van der Waals surface area (Å²) in [4.78, 5) is 11.7. The van der Waals surface area contributed by atoms with Gasteiger partial charge in [0.1, 0.15) is 15.7 Å². The van der Waals surface area contributed by atoms with E-state index in [0.29, 0.717) is 12.1 Å². The van der Waals surface area contributed by atoms with E-state index in [1.165, 1.54) is 18.2 Å². The van der Waals surface area contributed by atoms with E-state index < -0.39 is 21.6 Å². The maximum atomic E-state index is 13.4. The lowest BCUT2D eigenvalue weighted by atomic mass is 10.2. The van der Waals surface area contributed by atoms with Crippen molar-refractivity contribution in [3.8, 4) is 0 Å². The van der Waals surface area contributed by atoms with Crippen LogP contribution in [0.25, 0.3) is 0 Å². The number of nitrogens with two attached hydrogens (primary N) is 1. The van der Waals surface area contributed by atoms with Gasteiger partial charge in [-0.15, -0.1) is 0 Å². The van der Waals surface area contributed by atoms with Gasteiger partial charge < -0.3 is 11.1 Å². The quantitative estimate of drug-likeness (QED) is 0.720. The monoisotopic (exact) mass is 316 g/mol. The van der Waals surface area contributed by atoms with E-state index in [2.05, 4.69) is 5.32 Å². The Hall–Kier alpha value is -1.63. The van der Waals surface area contributed by atoms with Crippen LogP contribution in [0, 0.1) is 5.82 Å². The van der Waals surface area contributed by atoms with Crippen molar-refractivity contribution in [2.75, 3.05) is 22.6 Å². The number of nitrogens with one attached hydrogen (secondary N) is 1. The Balaban J connectivity index is 2.43. The highest BCUT2D eigenvalue weighted by Gasteiger charge is 2.12. The highest BCUT2D eigenvalue weighted by molar-refractivity contribution is 7.91. The molecule has 0 aromatic heterocycles. The molecule has 0 saturated heterocycles. The normalized spacial score (nSPS) is 11.3. The van der Waals surface area contributed by atoms with E-state index >= 15 is 0 Å². The summed E-state index contributed by atoms with van der Waals surface area (Å²) >= 11 is 0. The third kappa shape index (κ3) is 6.57. The van der Waals surface area contributed by atoms with Gasteiger partial charge in [0.15, 0.2) is 0 Å². The number of sulfone groups is 1. The number of hydrogen-bond acceptors (Lipinski definition) is 4. The molecule has 118 valence electrons. The van der Waals surface area contributed by atoms with Gasteiger partial charge in [0.2, 0.25) is 5.91 Å². The third-order valence-electron chi connectivity index (χ3n) is 2.93. The first-order valence-electron chi connectivity index (χ1n) is 6.89. The van der Waals surface area contributed by atoms with Gasteiger partial charge >= 0.3 is 0 Å². The van der Waals surface area contributed by atoms with Gasteiger partial charge in [0, 0.05) is 12.1 Å². The zero-order valence-corrected chi connectivity index (χ0v) is 12.9. The van der Waals surface area contributed by atoms with Gasteiger partial charge in [-0.25, -0.2) is 12.8 Å². The van der Waals surface area contributed by atoms with Gasteiger partial charge in [-0.2, -0.15) is 0 Å². The molecule has 0 atom stereocenters. The van der Waals surface area contributed by atoms with Gasteiger partial charge in [0.05, 0.1) is 17.2 Å². The molecule has 3 N–H and O–H groups in total. The number of nitrogen functional groups attached to an aromatic ring is 1. The number of carbonyl (C=O) groups is 1. The van der Waals surface area contributed by atoms with Crippen LogP contribution < -0.4 is 11.1 Å². The molecule has 0 unspecified atom stereocenters. The van der Waals surface area contributed by atoms with Crippen LogP contribution in [-0.2, 0) is 14.6 Å². The second-order valence-corrected chi connectivity index (χ2v) is 7.20. The summed E-state index contributed by atoms with van der Waals surface area (Å²) in [6.45, 7) is 1.92. The van der Waals surface area contributed by atoms with Crippen LogP contribution in [0.15, 0.2) is 18.2 Å². The standard InChI is InChI=1S/C14H21FN2O3S/c1-2-3-8-21(19,20)9-4-5-14(18)17-13-10-11(16)6-7-12(13)15/h6-7,10H,2-5,8-9,16H2,1H3,(H,17,18). The molecule has 0 fully saturated rings. The summed E-state index contributed by atoms with van der Waals surface area (Å²) in [6.07, 6.45) is 1.69. The van der Waals surface area contributed by atoms with E-state index in [1.54, 1.807) is 0 Å². The Bertz CT molecular complexity index is 588. The minimum atomic E-state index is -3.10. The van der Waals surface area contributed by atoms with Crippen LogP contribution in [0.1, 0.15) is 32.6 Å². The average Bonchev–Trinajstić information content (AvgIpc) is 2.40. The van der Waals surface area contributed by atoms with Crippen molar-refractivity contribution in [1.29, 1.82) is 0 Å². The largest absolute Gasteiger partial charge is 0.399 e. The second-order valence-electron chi connectivity index (χ2n) is 4.90. The van der Waals surface area contributed by atoms with E-state index in [9.17, 15) is 17.6 Å². The lowest BCUT2D eigenvalue weighted by Crippen LogP contribution is -2.16. The van der Waals surface area contributed by atoms with Gasteiger partial charge in [-0.05, 0) is 31.0 Å². The van der Waals surface area contributed by atoms with Gasteiger partial charge in [-0.3, -0.25) is 4.79 Å². The average molecular weight is 316 g/mol. The Labute approximate surface area is 124 Å². The molecule has 1 rings (SSSR count). The highest BCUT2D eigenvalue weighted by Crippen LogP contribution is 2.17. The summed E-state index contributed by atoms with van der Waals surface area (Å²) < 4.78 is 36.7. The van der Waals surface area contributed by atoms with Crippen molar-refractivity contribution >= 4 is 27.1 Å². The summed E-state index contributed by atoms with van der Waals surface area (Å²) in [5, 5.41) is 2.39. The molecule has 1 amide bonds. The topological polar surface area (TPSA) is 89.3 Å². The molecule has 0 aliphatic carbocycles. The van der Waals surface area contributed by atoms with E-state index in [4.69, 9.17) is 5.73 Å². The molecule has 0 aliphatic heterocycles. The van der Waals surface area contributed by atoms with Crippen molar-refractivity contribution in [3.05, 3.63) is 24.0 Å². The first-order chi connectivity index (χ1) is 9.84. The number of halogens is 1. The summed E-state index contributed by atoms with van der Waals surface area (Å²) in [7, 11) is -3.10. The van der Waals surface area contributed by atoms with E-state index in [0.717, 1.165) is 6.42 Å². The smallest absolute Gasteiger partial charge is 0.224 e. The number of benzene rings is 1. The minimum Gasteiger partial charge on any atom is -0.399 e. The molecule has 0 heterocycles. The molecule has 0 aliphatic rings. The van der Waals surface area contributed by atoms with Crippen LogP contribution in [0.3, 0.4) is 0 Å². The molecule has 0 saturated carbocycles. The van der Waals surface area contributed by atoms with E-state index in [1.807, 2.05) is 6.92 Å². The number of anilines is 2. The first-order valence-corrected chi connectivity index (χ1v) is 8.71. The van der Waals surface area contributed by atoms with Crippen molar-refractivity contribution < 1.29 is 17.6 Å². The zero-order chi connectivity index (χ0) is 15.9. The predicted molar refractivity (Wildman–Crippen MR) is 82.2 cm³/mol. The summed E-state index contributed by atoms with van der Waals surface area (Å²) in [5.41, 5.74) is 5.86. The molecule has 1 aromatic rings. The Morgan fingerprint density at radius 2 is 1.95 bits per heavy atom. The Morgan fingerprint density at radius 3 is 2.62 bits per heavy atom. The van der Waals surface area contributed by atoms with Crippen LogP contribution >= 0.6 is 0 Å². The SMILES string of the molecule is CCCCS(=O)(=O)CCCC(=O)Nc1cc(N)ccc1F. The fourth-order valence-corrected chi connectivity index (χ4v) is 3.29. The lowest BCUT2D eigenvalue weighted by Gasteiger charge is -2.07. The predicted octanol–water partition coefficient (Wildman–Crippen LogP) is 2.34. The number of hydrogen-bond donors (Lipinski definition) is 2. The van der Waals surface area contributed by atoms with Crippen LogP contribution in [0.5, 0.6) is 0 Å². The van der Waals surface area contributed by atoms with Crippen molar-refractivity contribution in [2.45, 2.75) is 32.6 Å². The molecular weight excluding hydrogens is 295 g/mol. The number of unbranched alkanes of at least 4 members (excludes halogenated alkanes) is 1. The fourth-order valence-electron chi connectivity index (χ4n) is 1.77. The highest BCUT2D eigenvalue weighted by atomic mass is 32.2. The zero-order valence-electron chi connectivity index (χ0n) is 12.1. The van der Waals surface area contributed by atoms with Gasteiger partial charge in [0.25, 0.3) is 0 Å². The molecule has 5 nitrogen and oxygen atoms in total. The molecule has 7 heteroatoms. The maximum Gasteiger partial charge on any atom is 0.224 e. The van der Waals surface area contributed by atoms with Crippen molar-refractivity contribution in [1.82, 2.24) is 0 Å². The first kappa shape index (κ1) is 17.4. The van der Waals surface area contributed by atoms with Gasteiger partial charge in [-0.1, -0.05) is 13.3 Å². The summed E-state index contributed by atoms with van der Waals surface area (Å²) in [5.74, 6) is -0.882. The number of rotatable bonds is 8. The Kier molecular flexibility index (Phi) is 6.61. The lowest BCUT2D eigenvalue weighted by molar-refractivity contribution is -0.116. The van der Waals surface area contributed by atoms with Crippen LogP contribution in [0.2, 0.25) is 0 Å². The number of amides is 1. The molecule has 0 radical (unpaired) electrons. The second kappa shape index (κ2) is 7.97. The minimum absolute atomic E-state index is 0.00819. The maximum absolute atomic E-state index is 13.4. The number of carbonyl (C=O) groups excluding carboxylic acids is 1. The molecule has 21 heavy (non-hydrogen) atoms. The molecule has 1 aromatic carbocycles. The molecular formula is C14H21FN2O3S. The summed E-state index contributed by atoms with van der Waals surface area (Å²) in [6, 6.07) is 3.89. The third-order valence-corrected chi connectivity index (χ3v) is 4.75. The Morgan fingerprint density at radius 1 is 1.29 bits per heavy atom. The molecule has 0 bridgehead atoms. The van der Waals surface area contributed by atoms with Crippen LogP contribution in [0.4, 0.5) is 15.8 Å².